The molecule has 0 heterocycles. The number of halogens is 1. The zero-order chi connectivity index (χ0) is 14.5. The fourth-order valence-corrected chi connectivity index (χ4v) is 2.37. The minimum Gasteiger partial charge on any atom is -0.365 e. The molecule has 0 atom stereocenters. The summed E-state index contributed by atoms with van der Waals surface area (Å²) in [5, 5.41) is 7.02. The molecular formula is C15H22ClN3O. The number of nitrogens with zero attached hydrogens (tertiary/aromatic N) is 1. The van der Waals surface area contributed by atoms with Gasteiger partial charge in [0.25, 0.3) is 0 Å². The highest BCUT2D eigenvalue weighted by Gasteiger charge is 2.24. The minimum absolute atomic E-state index is 0.0735. The van der Waals surface area contributed by atoms with Crippen LogP contribution in [0.5, 0.6) is 0 Å². The first kappa shape index (κ1) is 15.1. The summed E-state index contributed by atoms with van der Waals surface area (Å²) in [4.78, 5) is 13.8. The van der Waals surface area contributed by atoms with Crippen LogP contribution in [0.25, 0.3) is 0 Å². The van der Waals surface area contributed by atoms with Gasteiger partial charge < -0.3 is 15.5 Å². The lowest BCUT2D eigenvalue weighted by atomic mass is 10.1. The van der Waals surface area contributed by atoms with E-state index in [2.05, 4.69) is 17.6 Å². The number of hydrogen-bond donors (Lipinski definition) is 2. The van der Waals surface area contributed by atoms with E-state index in [1.807, 2.05) is 30.1 Å². The topological polar surface area (TPSA) is 44.4 Å². The maximum atomic E-state index is 11.9. The van der Waals surface area contributed by atoms with Crippen molar-refractivity contribution in [3.05, 3.63) is 28.8 Å². The number of nitrogens with one attached hydrogen (secondary N) is 2. The molecule has 1 aromatic carbocycles. The summed E-state index contributed by atoms with van der Waals surface area (Å²) in [7, 11) is 1.92. The predicted octanol–water partition coefficient (Wildman–Crippen LogP) is 2.16. The highest BCUT2D eigenvalue weighted by molar-refractivity contribution is 6.31. The van der Waals surface area contributed by atoms with Crippen molar-refractivity contribution in [2.75, 3.05) is 25.0 Å². The summed E-state index contributed by atoms with van der Waals surface area (Å²) in [6.07, 6.45) is 2.22. The van der Waals surface area contributed by atoms with Gasteiger partial charge in [-0.25, -0.2) is 0 Å². The first-order valence-electron chi connectivity index (χ1n) is 7.10. The van der Waals surface area contributed by atoms with E-state index in [9.17, 15) is 4.79 Å². The maximum absolute atomic E-state index is 11.9. The van der Waals surface area contributed by atoms with Gasteiger partial charge in [-0.1, -0.05) is 24.6 Å². The van der Waals surface area contributed by atoms with Crippen molar-refractivity contribution in [2.45, 2.75) is 32.4 Å². The summed E-state index contributed by atoms with van der Waals surface area (Å²) in [5.41, 5.74) is 2.04. The minimum atomic E-state index is 0.0735. The van der Waals surface area contributed by atoms with E-state index in [1.165, 1.54) is 0 Å². The van der Waals surface area contributed by atoms with E-state index >= 15 is 0 Å². The Hall–Kier alpha value is -1.26. The molecule has 0 spiro atoms. The van der Waals surface area contributed by atoms with E-state index in [4.69, 9.17) is 11.6 Å². The Labute approximate surface area is 125 Å². The van der Waals surface area contributed by atoms with E-state index in [-0.39, 0.29) is 5.91 Å². The average molecular weight is 296 g/mol. The number of carbonyl (C=O) groups excluding carboxylic acids is 1. The Morgan fingerprint density at radius 2 is 2.20 bits per heavy atom. The van der Waals surface area contributed by atoms with Gasteiger partial charge in [0.1, 0.15) is 0 Å². The highest BCUT2D eigenvalue weighted by atomic mass is 35.5. The number of likely N-dealkylation sites (N-methyl/N-ethyl adjacent to an activating group) is 1. The predicted molar refractivity (Wildman–Crippen MR) is 83.3 cm³/mol. The zero-order valence-electron chi connectivity index (χ0n) is 12.1. The van der Waals surface area contributed by atoms with Crippen LogP contribution in [0.1, 0.15) is 25.3 Å². The number of hydrogen-bond acceptors (Lipinski definition) is 3. The second-order valence-electron chi connectivity index (χ2n) is 5.22. The first-order valence-corrected chi connectivity index (χ1v) is 7.48. The Kier molecular flexibility index (Phi) is 5.26. The largest absolute Gasteiger partial charge is 0.365 e. The smallest absolute Gasteiger partial charge is 0.239 e. The third-order valence-electron chi connectivity index (χ3n) is 3.38. The van der Waals surface area contributed by atoms with Crippen molar-refractivity contribution in [3.63, 3.8) is 0 Å². The van der Waals surface area contributed by atoms with E-state index in [1.54, 1.807) is 0 Å². The molecule has 1 amide bonds. The molecule has 2 N–H and O–H groups in total. The van der Waals surface area contributed by atoms with Crippen molar-refractivity contribution in [1.82, 2.24) is 10.6 Å². The van der Waals surface area contributed by atoms with Crippen LogP contribution in [0.4, 0.5) is 5.69 Å². The number of anilines is 1. The van der Waals surface area contributed by atoms with Gasteiger partial charge in [-0.15, -0.1) is 0 Å². The number of amides is 1. The molecule has 1 fully saturated rings. The lowest BCUT2D eigenvalue weighted by Crippen LogP contribution is -2.36. The molecular weight excluding hydrogens is 274 g/mol. The zero-order valence-corrected chi connectivity index (χ0v) is 12.8. The second kappa shape index (κ2) is 6.95. The molecule has 4 nitrogen and oxygen atoms in total. The Balaban J connectivity index is 2.04. The molecule has 5 heteroatoms. The maximum Gasteiger partial charge on any atom is 0.239 e. The van der Waals surface area contributed by atoms with Crippen molar-refractivity contribution < 1.29 is 4.79 Å². The molecule has 1 aromatic rings. The molecule has 1 saturated carbocycles. The average Bonchev–Trinajstić information content (AvgIpc) is 3.20. The molecule has 20 heavy (non-hydrogen) atoms. The van der Waals surface area contributed by atoms with Crippen LogP contribution in [0.3, 0.4) is 0 Å². The molecule has 0 bridgehead atoms. The summed E-state index contributed by atoms with van der Waals surface area (Å²) < 4.78 is 0. The van der Waals surface area contributed by atoms with E-state index < -0.39 is 0 Å². The lowest BCUT2D eigenvalue weighted by Gasteiger charge is -2.23. The van der Waals surface area contributed by atoms with Crippen LogP contribution in [0, 0.1) is 0 Å². The molecule has 0 aliphatic heterocycles. The molecule has 1 aliphatic rings. The molecule has 2 rings (SSSR count). The lowest BCUT2D eigenvalue weighted by molar-refractivity contribution is -0.119. The van der Waals surface area contributed by atoms with Crippen LogP contribution in [-0.2, 0) is 11.3 Å². The van der Waals surface area contributed by atoms with Crippen LogP contribution >= 0.6 is 11.6 Å². The van der Waals surface area contributed by atoms with Crippen LogP contribution in [0.15, 0.2) is 18.2 Å². The number of carbonyl (C=O) groups is 1. The Morgan fingerprint density at radius 1 is 1.45 bits per heavy atom. The van der Waals surface area contributed by atoms with E-state index in [0.717, 1.165) is 35.7 Å². The summed E-state index contributed by atoms with van der Waals surface area (Å²) >= 11 is 6.27. The fraction of sp³-hybridized carbons (Fsp3) is 0.533. The SMILES string of the molecule is CCNCc1c(Cl)cccc1N(C)CC(=O)NC1CC1. The molecule has 0 saturated heterocycles. The first-order chi connectivity index (χ1) is 9.61. The van der Waals surface area contributed by atoms with Gasteiger partial charge in [-0.05, 0) is 31.5 Å². The number of rotatable bonds is 7. The van der Waals surface area contributed by atoms with Crippen LogP contribution < -0.4 is 15.5 Å². The fourth-order valence-electron chi connectivity index (χ4n) is 2.13. The van der Waals surface area contributed by atoms with Crippen molar-refractivity contribution >= 4 is 23.2 Å². The van der Waals surface area contributed by atoms with Gasteiger partial charge in [0, 0.05) is 35.9 Å². The van der Waals surface area contributed by atoms with E-state index in [0.29, 0.717) is 19.1 Å². The quantitative estimate of drug-likeness (QED) is 0.810. The molecule has 0 aromatic heterocycles. The third-order valence-corrected chi connectivity index (χ3v) is 3.73. The van der Waals surface area contributed by atoms with Gasteiger partial charge in [-0.3, -0.25) is 4.79 Å². The Morgan fingerprint density at radius 3 is 2.85 bits per heavy atom. The molecule has 110 valence electrons. The summed E-state index contributed by atoms with van der Waals surface area (Å²) in [6, 6.07) is 6.21. The van der Waals surface area contributed by atoms with Crippen molar-refractivity contribution in [2.24, 2.45) is 0 Å². The van der Waals surface area contributed by atoms with Gasteiger partial charge in [0.15, 0.2) is 0 Å². The van der Waals surface area contributed by atoms with Crippen LogP contribution in [0.2, 0.25) is 5.02 Å². The third kappa shape index (κ3) is 4.12. The monoisotopic (exact) mass is 295 g/mol. The van der Waals surface area contributed by atoms with Crippen LogP contribution in [-0.4, -0.2) is 32.1 Å². The second-order valence-corrected chi connectivity index (χ2v) is 5.62. The Bertz CT molecular complexity index is 474. The summed E-state index contributed by atoms with van der Waals surface area (Å²) in [5.74, 6) is 0.0735. The summed E-state index contributed by atoms with van der Waals surface area (Å²) in [6.45, 7) is 4.01. The van der Waals surface area contributed by atoms with Crippen molar-refractivity contribution in [3.8, 4) is 0 Å². The van der Waals surface area contributed by atoms with Gasteiger partial charge in [-0.2, -0.15) is 0 Å². The van der Waals surface area contributed by atoms with Gasteiger partial charge in [0.05, 0.1) is 6.54 Å². The molecule has 0 unspecified atom stereocenters. The highest BCUT2D eigenvalue weighted by Crippen LogP contribution is 2.27. The number of benzene rings is 1. The van der Waals surface area contributed by atoms with Gasteiger partial charge in [0.2, 0.25) is 5.91 Å². The standard InChI is InChI=1S/C15H22ClN3O/c1-3-17-9-12-13(16)5-4-6-14(12)19(2)10-15(20)18-11-7-8-11/h4-6,11,17H,3,7-10H2,1-2H3,(H,18,20). The van der Waals surface area contributed by atoms with Gasteiger partial charge >= 0.3 is 0 Å². The van der Waals surface area contributed by atoms with Crippen molar-refractivity contribution in [1.29, 1.82) is 0 Å². The molecule has 1 aliphatic carbocycles. The molecule has 0 radical (unpaired) electrons. The normalized spacial score (nSPS) is 14.2.